The van der Waals surface area contributed by atoms with Crippen molar-refractivity contribution in [3.8, 4) is 0 Å². The normalized spacial score (nSPS) is 17.2. The molecule has 1 aliphatic carbocycles. The number of hydrogen-bond donors (Lipinski definition) is 2. The first-order valence-electron chi connectivity index (χ1n) is 5.83. The Morgan fingerprint density at radius 1 is 1.21 bits per heavy atom. The predicted molar refractivity (Wildman–Crippen MR) is 58.1 cm³/mol. The van der Waals surface area contributed by atoms with Crippen molar-refractivity contribution in [1.82, 2.24) is 10.6 Å². The molecule has 0 radical (unpaired) electrons. The predicted octanol–water partition coefficient (Wildman–Crippen LogP) is 1.29. The van der Waals surface area contributed by atoms with Gasteiger partial charge in [0.05, 0.1) is 0 Å². The highest BCUT2D eigenvalue weighted by Gasteiger charge is 2.21. The van der Waals surface area contributed by atoms with Crippen molar-refractivity contribution in [3.05, 3.63) is 0 Å². The van der Waals surface area contributed by atoms with Crippen molar-refractivity contribution < 1.29 is 4.79 Å². The van der Waals surface area contributed by atoms with Crippen LogP contribution in [0.15, 0.2) is 0 Å². The van der Waals surface area contributed by atoms with E-state index < -0.39 is 0 Å². The van der Waals surface area contributed by atoms with E-state index in [4.69, 9.17) is 0 Å². The van der Waals surface area contributed by atoms with Gasteiger partial charge in [-0.2, -0.15) is 0 Å². The van der Waals surface area contributed by atoms with Gasteiger partial charge in [-0.1, -0.05) is 19.8 Å². The number of carbonyl (C=O) groups excluding carboxylic acids is 1. The van der Waals surface area contributed by atoms with Crippen LogP contribution in [-0.4, -0.2) is 25.5 Å². The lowest BCUT2D eigenvalue weighted by atomic mass is 10.1. The van der Waals surface area contributed by atoms with E-state index in [1.54, 1.807) is 0 Å². The Kier molecular flexibility index (Phi) is 5.60. The molecule has 1 amide bonds. The van der Waals surface area contributed by atoms with Gasteiger partial charge in [-0.25, -0.2) is 0 Å². The quantitative estimate of drug-likeness (QED) is 0.631. The summed E-state index contributed by atoms with van der Waals surface area (Å²) in [6.07, 6.45) is 5.79. The van der Waals surface area contributed by atoms with Gasteiger partial charge in [0.25, 0.3) is 0 Å². The van der Waals surface area contributed by atoms with Crippen LogP contribution in [-0.2, 0) is 4.79 Å². The maximum absolute atomic E-state index is 11.5. The summed E-state index contributed by atoms with van der Waals surface area (Å²) in [6, 6.07) is 0. The van der Waals surface area contributed by atoms with E-state index in [9.17, 15) is 4.79 Å². The van der Waals surface area contributed by atoms with Gasteiger partial charge >= 0.3 is 0 Å². The Balaban J connectivity index is 1.97. The number of nitrogens with one attached hydrogen (secondary N) is 2. The highest BCUT2D eigenvalue weighted by atomic mass is 16.1. The fourth-order valence-corrected chi connectivity index (χ4v) is 1.91. The SMILES string of the molecule is CCCNCCNC(=O)C1CCCC1. The molecule has 14 heavy (non-hydrogen) atoms. The van der Waals surface area contributed by atoms with E-state index in [2.05, 4.69) is 17.6 Å². The highest BCUT2D eigenvalue weighted by molar-refractivity contribution is 5.78. The monoisotopic (exact) mass is 198 g/mol. The second-order valence-electron chi connectivity index (χ2n) is 4.02. The van der Waals surface area contributed by atoms with Crippen LogP contribution in [0.1, 0.15) is 39.0 Å². The molecule has 0 spiro atoms. The minimum absolute atomic E-state index is 0.265. The minimum Gasteiger partial charge on any atom is -0.355 e. The summed E-state index contributed by atoms with van der Waals surface area (Å²) in [5, 5.41) is 6.25. The van der Waals surface area contributed by atoms with Crippen molar-refractivity contribution in [2.75, 3.05) is 19.6 Å². The molecule has 1 saturated carbocycles. The van der Waals surface area contributed by atoms with E-state index in [-0.39, 0.29) is 5.91 Å². The van der Waals surface area contributed by atoms with Crippen LogP contribution in [0.5, 0.6) is 0 Å². The minimum atomic E-state index is 0.265. The Hall–Kier alpha value is -0.570. The van der Waals surface area contributed by atoms with E-state index in [0.717, 1.165) is 38.9 Å². The Morgan fingerprint density at radius 3 is 2.57 bits per heavy atom. The fraction of sp³-hybridized carbons (Fsp3) is 0.909. The van der Waals surface area contributed by atoms with Crippen LogP contribution >= 0.6 is 0 Å². The molecule has 0 aromatic carbocycles. The maximum atomic E-state index is 11.5. The number of carbonyl (C=O) groups is 1. The smallest absolute Gasteiger partial charge is 0.223 e. The molecule has 0 saturated heterocycles. The summed E-state index contributed by atoms with van der Waals surface area (Å²) in [5.74, 6) is 0.571. The summed E-state index contributed by atoms with van der Waals surface area (Å²) in [6.45, 7) is 4.85. The van der Waals surface area contributed by atoms with Crippen LogP contribution in [0.25, 0.3) is 0 Å². The first kappa shape index (κ1) is 11.5. The number of rotatable bonds is 6. The van der Waals surface area contributed by atoms with Gasteiger partial charge in [0.2, 0.25) is 5.91 Å². The molecule has 1 aliphatic rings. The summed E-state index contributed by atoms with van der Waals surface area (Å²) in [4.78, 5) is 11.5. The average molecular weight is 198 g/mol. The van der Waals surface area contributed by atoms with Gasteiger partial charge in [0, 0.05) is 19.0 Å². The molecule has 0 aromatic rings. The number of amides is 1. The van der Waals surface area contributed by atoms with E-state index >= 15 is 0 Å². The second-order valence-corrected chi connectivity index (χ2v) is 4.02. The van der Waals surface area contributed by atoms with Crippen LogP contribution in [0.2, 0.25) is 0 Å². The third-order valence-electron chi connectivity index (χ3n) is 2.75. The molecule has 2 N–H and O–H groups in total. The van der Waals surface area contributed by atoms with Crippen molar-refractivity contribution in [3.63, 3.8) is 0 Å². The molecule has 82 valence electrons. The van der Waals surface area contributed by atoms with Gasteiger partial charge in [-0.15, -0.1) is 0 Å². The molecular formula is C11H22N2O. The molecule has 1 fully saturated rings. The summed E-state index contributed by atoms with van der Waals surface area (Å²) < 4.78 is 0. The zero-order valence-electron chi connectivity index (χ0n) is 9.14. The molecule has 0 aliphatic heterocycles. The lowest BCUT2D eigenvalue weighted by Crippen LogP contribution is -2.35. The lowest BCUT2D eigenvalue weighted by molar-refractivity contribution is -0.124. The molecule has 0 bridgehead atoms. The van der Waals surface area contributed by atoms with E-state index in [1.807, 2.05) is 0 Å². The summed E-state index contributed by atoms with van der Waals surface area (Å²) >= 11 is 0. The van der Waals surface area contributed by atoms with Crippen LogP contribution in [0.3, 0.4) is 0 Å². The fourth-order valence-electron chi connectivity index (χ4n) is 1.91. The third-order valence-corrected chi connectivity index (χ3v) is 2.75. The van der Waals surface area contributed by atoms with Crippen molar-refractivity contribution in [1.29, 1.82) is 0 Å². The first-order chi connectivity index (χ1) is 6.84. The Bertz CT molecular complexity index is 165. The number of hydrogen-bond acceptors (Lipinski definition) is 2. The zero-order chi connectivity index (χ0) is 10.2. The van der Waals surface area contributed by atoms with E-state index in [0.29, 0.717) is 5.92 Å². The molecule has 0 unspecified atom stereocenters. The van der Waals surface area contributed by atoms with Gasteiger partial charge < -0.3 is 10.6 Å². The Labute approximate surface area is 86.6 Å². The molecule has 0 heterocycles. The molecular weight excluding hydrogens is 176 g/mol. The van der Waals surface area contributed by atoms with Gasteiger partial charge in [0.15, 0.2) is 0 Å². The van der Waals surface area contributed by atoms with Crippen LogP contribution in [0, 0.1) is 5.92 Å². The average Bonchev–Trinajstić information content (AvgIpc) is 2.70. The second kappa shape index (κ2) is 6.82. The van der Waals surface area contributed by atoms with Gasteiger partial charge in [-0.05, 0) is 25.8 Å². The summed E-state index contributed by atoms with van der Waals surface area (Å²) in [7, 11) is 0. The standard InChI is InChI=1S/C11H22N2O/c1-2-7-12-8-9-13-11(14)10-5-3-4-6-10/h10,12H,2-9H2,1H3,(H,13,14). The van der Waals surface area contributed by atoms with Crippen molar-refractivity contribution in [2.45, 2.75) is 39.0 Å². The molecule has 0 aromatic heterocycles. The van der Waals surface area contributed by atoms with E-state index in [1.165, 1.54) is 12.8 Å². The maximum Gasteiger partial charge on any atom is 0.223 e. The Morgan fingerprint density at radius 2 is 1.93 bits per heavy atom. The lowest BCUT2D eigenvalue weighted by Gasteiger charge is -2.10. The van der Waals surface area contributed by atoms with Crippen LogP contribution in [0.4, 0.5) is 0 Å². The van der Waals surface area contributed by atoms with Crippen molar-refractivity contribution >= 4 is 5.91 Å². The zero-order valence-corrected chi connectivity index (χ0v) is 9.14. The highest BCUT2D eigenvalue weighted by Crippen LogP contribution is 2.24. The third kappa shape index (κ3) is 4.09. The summed E-state index contributed by atoms with van der Waals surface area (Å²) in [5.41, 5.74) is 0. The largest absolute Gasteiger partial charge is 0.355 e. The molecule has 1 rings (SSSR count). The molecule has 3 heteroatoms. The van der Waals surface area contributed by atoms with Gasteiger partial charge in [-0.3, -0.25) is 4.79 Å². The van der Waals surface area contributed by atoms with Gasteiger partial charge in [0.1, 0.15) is 0 Å². The van der Waals surface area contributed by atoms with Crippen LogP contribution < -0.4 is 10.6 Å². The molecule has 3 nitrogen and oxygen atoms in total. The topological polar surface area (TPSA) is 41.1 Å². The first-order valence-corrected chi connectivity index (χ1v) is 5.83. The van der Waals surface area contributed by atoms with Crippen molar-refractivity contribution in [2.24, 2.45) is 5.92 Å². The molecule has 0 atom stereocenters.